The van der Waals surface area contributed by atoms with E-state index < -0.39 is 16.8 Å². The molecule has 222 valence electrons. The van der Waals surface area contributed by atoms with Gasteiger partial charge in [0.05, 0.1) is 31.5 Å². The molecule has 5 aromatic rings. The summed E-state index contributed by atoms with van der Waals surface area (Å²) in [5.41, 5.74) is 3.93. The van der Waals surface area contributed by atoms with Gasteiger partial charge in [-0.1, -0.05) is 37.3 Å². The van der Waals surface area contributed by atoms with Gasteiger partial charge in [-0.05, 0) is 31.5 Å². The Labute approximate surface area is 251 Å². The van der Waals surface area contributed by atoms with Crippen LogP contribution in [0.2, 0.25) is 0 Å². The summed E-state index contributed by atoms with van der Waals surface area (Å²) < 4.78 is 20.8. The van der Waals surface area contributed by atoms with Crippen molar-refractivity contribution in [2.45, 2.75) is 45.6 Å². The highest BCUT2D eigenvalue weighted by Gasteiger charge is 2.19. The minimum atomic E-state index is -1.04. The molecule has 4 aromatic heterocycles. The van der Waals surface area contributed by atoms with E-state index in [0.29, 0.717) is 51.7 Å². The van der Waals surface area contributed by atoms with Crippen molar-refractivity contribution in [1.82, 2.24) is 34.1 Å². The average Bonchev–Trinajstić information content (AvgIpc) is 3.69. The molecule has 5 rings (SSSR count). The monoisotopic (exact) mass is 609 g/mol. The van der Waals surface area contributed by atoms with Gasteiger partial charge in [-0.2, -0.15) is 9.97 Å². The van der Waals surface area contributed by atoms with Crippen molar-refractivity contribution in [1.29, 1.82) is 0 Å². The molecule has 2 N–H and O–H groups in total. The highest BCUT2D eigenvalue weighted by molar-refractivity contribution is 7.84. The fraction of sp³-hybridized carbons (Fsp3) is 0.357. The van der Waals surface area contributed by atoms with Gasteiger partial charge in [0.2, 0.25) is 5.95 Å². The SMILES string of the molecule is CC.CCOC(=O)c1sc(Nc2nc(NCCc3cncn3C)c3ncn(Cc4ccc(S(C)=O)cc4)c3n2)nc1C. The van der Waals surface area contributed by atoms with Gasteiger partial charge in [0.25, 0.3) is 0 Å². The molecule has 0 amide bonds. The fourth-order valence-corrected chi connectivity index (χ4v) is 5.46. The van der Waals surface area contributed by atoms with Crippen LogP contribution in [0.25, 0.3) is 11.2 Å². The average molecular weight is 610 g/mol. The van der Waals surface area contributed by atoms with E-state index >= 15 is 0 Å². The number of hydrogen-bond donors (Lipinski definition) is 2. The molecule has 4 heterocycles. The number of rotatable bonds is 11. The Morgan fingerprint density at radius 3 is 2.55 bits per heavy atom. The summed E-state index contributed by atoms with van der Waals surface area (Å²) in [6, 6.07) is 7.63. The molecule has 1 unspecified atom stereocenters. The molecule has 1 atom stereocenters. The summed E-state index contributed by atoms with van der Waals surface area (Å²) in [5, 5.41) is 7.03. The Morgan fingerprint density at radius 2 is 1.88 bits per heavy atom. The predicted octanol–water partition coefficient (Wildman–Crippen LogP) is 4.71. The number of aromatic nitrogens is 7. The Morgan fingerprint density at radius 1 is 1.12 bits per heavy atom. The molecule has 0 saturated carbocycles. The maximum Gasteiger partial charge on any atom is 0.350 e. The molecule has 42 heavy (non-hydrogen) atoms. The first-order valence-electron chi connectivity index (χ1n) is 13.6. The van der Waals surface area contributed by atoms with Gasteiger partial charge in [-0.15, -0.1) is 0 Å². The molecule has 0 spiro atoms. The summed E-state index contributed by atoms with van der Waals surface area (Å²) in [7, 11) is 0.918. The van der Waals surface area contributed by atoms with Crippen LogP contribution in [0.5, 0.6) is 0 Å². The van der Waals surface area contributed by atoms with Crippen molar-refractivity contribution in [3.8, 4) is 0 Å². The van der Waals surface area contributed by atoms with Gasteiger partial charge in [0.15, 0.2) is 22.1 Å². The third-order valence-electron chi connectivity index (χ3n) is 6.14. The highest BCUT2D eigenvalue weighted by Crippen LogP contribution is 2.28. The second-order valence-corrected chi connectivity index (χ2v) is 11.4. The zero-order valence-corrected chi connectivity index (χ0v) is 26.2. The number of anilines is 3. The molecule has 0 aliphatic rings. The van der Waals surface area contributed by atoms with Crippen molar-refractivity contribution in [3.05, 3.63) is 64.9 Å². The fourth-order valence-electron chi connectivity index (χ4n) is 4.09. The molecule has 0 radical (unpaired) electrons. The molecular weight excluding hydrogens is 575 g/mol. The first-order chi connectivity index (χ1) is 20.3. The number of nitrogens with one attached hydrogen (secondary N) is 2. The second kappa shape index (κ2) is 14.1. The molecule has 0 aliphatic carbocycles. The number of aryl methyl sites for hydroxylation is 2. The summed E-state index contributed by atoms with van der Waals surface area (Å²) in [6.07, 6.45) is 7.74. The smallest absolute Gasteiger partial charge is 0.350 e. The van der Waals surface area contributed by atoms with Gasteiger partial charge in [-0.3, -0.25) is 9.53 Å². The number of benzene rings is 1. The minimum Gasteiger partial charge on any atom is -0.462 e. The normalized spacial score (nSPS) is 11.6. The lowest BCUT2D eigenvalue weighted by atomic mass is 10.2. The Hall–Kier alpha value is -4.17. The topological polar surface area (TPSA) is 142 Å². The number of ether oxygens (including phenoxy) is 1. The van der Waals surface area contributed by atoms with E-state index in [-0.39, 0.29) is 6.61 Å². The molecule has 1 aromatic carbocycles. The van der Waals surface area contributed by atoms with Crippen molar-refractivity contribution in [2.75, 3.05) is 30.0 Å². The van der Waals surface area contributed by atoms with E-state index in [4.69, 9.17) is 14.7 Å². The van der Waals surface area contributed by atoms with Crippen molar-refractivity contribution in [3.63, 3.8) is 0 Å². The van der Waals surface area contributed by atoms with Crippen molar-refractivity contribution >= 4 is 56.2 Å². The molecule has 0 bridgehead atoms. The molecule has 0 fully saturated rings. The van der Waals surface area contributed by atoms with Crippen LogP contribution in [-0.2, 0) is 35.5 Å². The van der Waals surface area contributed by atoms with Gasteiger partial charge in [0, 0.05) is 53.9 Å². The number of carbonyl (C=O) groups is 1. The number of hydrogen-bond acceptors (Lipinski definition) is 11. The molecule has 0 saturated heterocycles. The lowest BCUT2D eigenvalue weighted by molar-refractivity contribution is 0.0531. The molecule has 14 heteroatoms. The van der Waals surface area contributed by atoms with Crippen LogP contribution >= 0.6 is 11.3 Å². The summed E-state index contributed by atoms with van der Waals surface area (Å²) in [4.78, 5) is 36.2. The van der Waals surface area contributed by atoms with Crippen LogP contribution in [-0.4, -0.2) is 63.6 Å². The van der Waals surface area contributed by atoms with E-state index in [1.807, 2.05) is 60.5 Å². The first-order valence-corrected chi connectivity index (χ1v) is 16.0. The van der Waals surface area contributed by atoms with Gasteiger partial charge < -0.3 is 19.2 Å². The molecule has 12 nitrogen and oxygen atoms in total. The number of fused-ring (bicyclic) bond motifs is 1. The first kappa shape index (κ1) is 30.8. The summed E-state index contributed by atoms with van der Waals surface area (Å²) >= 11 is 1.19. The van der Waals surface area contributed by atoms with Gasteiger partial charge in [-0.25, -0.2) is 19.7 Å². The number of nitrogens with zero attached hydrogens (tertiary/aromatic N) is 7. The molecule has 0 aliphatic heterocycles. The standard InChI is InChI=1S/C26H29N9O3S2.C2H6/c1-5-38-24(36)21-16(2)30-26(39-21)33-25-31-22(28-11-10-18-12-27-14-34(18)3)20-23(32-25)35(15-29-20)13-17-6-8-19(9-7-17)40(4)37;1-2/h6-9,12,14-15H,5,10-11,13H2,1-4H3,(H2,28,30,31,32,33);1-2H3. The summed E-state index contributed by atoms with van der Waals surface area (Å²) in [5.74, 6) is 0.484. The molecular formula is C28H35N9O3S2. The predicted molar refractivity (Wildman–Crippen MR) is 166 cm³/mol. The number of carbonyl (C=O) groups excluding carboxylic acids is 1. The Kier molecular flexibility index (Phi) is 10.4. The van der Waals surface area contributed by atoms with E-state index in [0.717, 1.165) is 22.6 Å². The van der Waals surface area contributed by atoms with E-state index in [1.165, 1.54) is 11.3 Å². The minimum absolute atomic E-state index is 0.287. The maximum atomic E-state index is 12.3. The van der Waals surface area contributed by atoms with Crippen molar-refractivity contribution in [2.24, 2.45) is 7.05 Å². The zero-order chi connectivity index (χ0) is 30.2. The van der Waals surface area contributed by atoms with Crippen LogP contribution < -0.4 is 10.6 Å². The van der Waals surface area contributed by atoms with Crippen LogP contribution in [0.1, 0.15) is 47.4 Å². The third kappa shape index (κ3) is 7.18. The quantitative estimate of drug-likeness (QED) is 0.202. The second-order valence-electron chi connectivity index (χ2n) is 8.99. The highest BCUT2D eigenvalue weighted by atomic mass is 32.2. The van der Waals surface area contributed by atoms with Crippen LogP contribution in [0.15, 0.2) is 48.0 Å². The number of imidazole rings is 2. The Bertz CT molecular complexity index is 1680. The summed E-state index contributed by atoms with van der Waals surface area (Å²) in [6.45, 7) is 8.94. The zero-order valence-electron chi connectivity index (χ0n) is 24.5. The lowest BCUT2D eigenvalue weighted by Gasteiger charge is -2.10. The van der Waals surface area contributed by atoms with Crippen LogP contribution in [0.3, 0.4) is 0 Å². The van der Waals surface area contributed by atoms with E-state index in [2.05, 4.69) is 25.6 Å². The third-order valence-corrected chi connectivity index (χ3v) is 8.13. The van der Waals surface area contributed by atoms with Crippen molar-refractivity contribution < 1.29 is 13.7 Å². The van der Waals surface area contributed by atoms with Crippen LogP contribution in [0, 0.1) is 6.92 Å². The largest absolute Gasteiger partial charge is 0.462 e. The van der Waals surface area contributed by atoms with E-state index in [9.17, 15) is 9.00 Å². The van der Waals surface area contributed by atoms with Gasteiger partial charge >= 0.3 is 5.97 Å². The Balaban J connectivity index is 0.00000198. The lowest BCUT2D eigenvalue weighted by Crippen LogP contribution is -2.11. The van der Waals surface area contributed by atoms with Crippen LogP contribution in [0.4, 0.5) is 16.9 Å². The number of esters is 1. The van der Waals surface area contributed by atoms with Gasteiger partial charge in [0.1, 0.15) is 4.88 Å². The maximum absolute atomic E-state index is 12.3. The number of thiazole rings is 1. The van der Waals surface area contributed by atoms with E-state index in [1.54, 1.807) is 32.8 Å².